The van der Waals surface area contributed by atoms with Crippen molar-refractivity contribution < 1.29 is 0 Å². The van der Waals surface area contributed by atoms with Gasteiger partial charge < -0.3 is 0 Å². The molecule has 0 radical (unpaired) electrons. The van der Waals surface area contributed by atoms with E-state index in [0.717, 1.165) is 47.7 Å². The van der Waals surface area contributed by atoms with Gasteiger partial charge in [-0.25, -0.2) is 0 Å². The zero-order chi connectivity index (χ0) is 5.21. The van der Waals surface area contributed by atoms with Crippen molar-refractivity contribution in [2.75, 3.05) is 0 Å². The monoisotopic (exact) mass is 126 g/mol. The number of hydrogen-bond acceptors (Lipinski definition) is 0. The Morgan fingerprint density at radius 1 is 1.50 bits per heavy atom. The van der Waals surface area contributed by atoms with Gasteiger partial charge in [0.05, 0.1) is 0 Å². The fourth-order valence-corrected chi connectivity index (χ4v) is 0. The van der Waals surface area contributed by atoms with Gasteiger partial charge >= 0.3 is 74.5 Å². The molecular formula is C4H11KSi. The molecule has 0 aliphatic rings. The van der Waals surface area contributed by atoms with Crippen LogP contribution in [0.2, 0.25) is 19.1 Å². The zero-order valence-corrected chi connectivity index (χ0v) is 9.33. The minimum atomic E-state index is -0.444. The Morgan fingerprint density at radius 2 is 1.67 bits per heavy atom. The number of rotatable bonds is 1. The molecule has 0 aromatic rings. The summed E-state index contributed by atoms with van der Waals surface area (Å²) in [5.74, 6) is 0. The van der Waals surface area contributed by atoms with Crippen molar-refractivity contribution >= 4 is 48.4 Å². The van der Waals surface area contributed by atoms with Gasteiger partial charge in [-0.2, -0.15) is 0 Å². The first-order chi connectivity index (χ1) is 2.56. The van der Waals surface area contributed by atoms with Crippen molar-refractivity contribution in [3.63, 3.8) is 0 Å². The predicted molar refractivity (Wildman–Crippen MR) is 33.7 cm³/mol. The van der Waals surface area contributed by atoms with E-state index in [0.29, 0.717) is 0 Å². The van der Waals surface area contributed by atoms with Crippen LogP contribution in [0.15, 0.2) is 0 Å². The van der Waals surface area contributed by atoms with E-state index < -0.39 is 0.755 Å². The van der Waals surface area contributed by atoms with Crippen LogP contribution in [-0.4, -0.2) is 48.4 Å². The van der Waals surface area contributed by atoms with Crippen LogP contribution >= 0.6 is 0 Å². The van der Waals surface area contributed by atoms with Crippen molar-refractivity contribution in [3.05, 3.63) is 0 Å². The predicted octanol–water partition coefficient (Wildman–Crippen LogP) is 1.38. The molecule has 0 aliphatic carbocycles. The fraction of sp³-hybridized carbons (Fsp3) is 1.00. The Labute approximate surface area is 73.0 Å². The Balaban J connectivity index is 3.17. The Bertz CT molecular complexity index is 37.3. The fourth-order valence-electron chi connectivity index (χ4n) is 0. The maximum absolute atomic E-state index is 2.47. The van der Waals surface area contributed by atoms with Gasteiger partial charge in [0.15, 0.2) is 0 Å². The second-order valence-electron chi connectivity index (χ2n) is 2.91. The van der Waals surface area contributed by atoms with E-state index in [1.807, 2.05) is 0 Å². The molecule has 0 unspecified atom stereocenters. The molecule has 6 heavy (non-hydrogen) atoms. The SMILES string of the molecule is CC[Si](C)(C)[K]. The topological polar surface area (TPSA) is 0 Å². The summed E-state index contributed by atoms with van der Waals surface area (Å²) in [4.78, 5) is 0. The normalized spacial score (nSPS) is 12.2. The van der Waals surface area contributed by atoms with E-state index in [-0.39, 0.29) is 0 Å². The molecule has 0 atom stereocenters. The van der Waals surface area contributed by atoms with Crippen molar-refractivity contribution in [2.45, 2.75) is 26.1 Å². The first-order valence-corrected chi connectivity index (χ1v) is 11.0. The Morgan fingerprint density at radius 3 is 1.67 bits per heavy atom. The van der Waals surface area contributed by atoms with E-state index in [9.17, 15) is 0 Å². The summed E-state index contributed by atoms with van der Waals surface area (Å²) >= 11 is 1.15. The summed E-state index contributed by atoms with van der Waals surface area (Å²) in [5.41, 5.74) is 0. The number of hydrogen-bond donors (Lipinski definition) is 0. The van der Waals surface area contributed by atoms with Crippen LogP contribution in [0.5, 0.6) is 0 Å². The zero-order valence-electron chi connectivity index (χ0n) is 5.21. The van der Waals surface area contributed by atoms with Crippen LogP contribution in [-0.2, 0) is 0 Å². The third kappa shape index (κ3) is 5.85. The standard InChI is InChI=1S/C4H11Si.K/c1-4-5(2)3;/h4H2,1-3H3;. The summed E-state index contributed by atoms with van der Waals surface area (Å²) in [5, 5.41) is 0. The molecule has 32 valence electrons. The maximum atomic E-state index is 2.47. The summed E-state index contributed by atoms with van der Waals surface area (Å²) in [7, 11) is 0. The van der Waals surface area contributed by atoms with Crippen LogP contribution in [0.4, 0.5) is 0 Å². The van der Waals surface area contributed by atoms with E-state index in [2.05, 4.69) is 20.0 Å². The van der Waals surface area contributed by atoms with E-state index in [1.54, 1.807) is 0 Å². The Hall–Kier alpha value is 1.85. The van der Waals surface area contributed by atoms with Crippen LogP contribution in [0, 0.1) is 0 Å². The first-order valence-electron chi connectivity index (χ1n) is 2.56. The molecule has 0 amide bonds. The van der Waals surface area contributed by atoms with Gasteiger partial charge in [0.2, 0.25) is 0 Å². The third-order valence-corrected chi connectivity index (χ3v) is 6.49. The molecule has 0 nitrogen and oxygen atoms in total. The second kappa shape index (κ2) is 3.00. The molecule has 0 spiro atoms. The average Bonchev–Trinajstić information content (AvgIpc) is 1.35. The van der Waals surface area contributed by atoms with E-state index in [1.165, 1.54) is 6.04 Å². The molecule has 0 heterocycles. The van der Waals surface area contributed by atoms with Crippen LogP contribution in [0.1, 0.15) is 6.92 Å². The molecular weight excluding hydrogens is 115 g/mol. The molecule has 0 aromatic heterocycles. The minimum absolute atomic E-state index is 0.444. The van der Waals surface area contributed by atoms with Gasteiger partial charge in [-0.15, -0.1) is 0 Å². The van der Waals surface area contributed by atoms with Gasteiger partial charge in [-0.3, -0.25) is 0 Å². The van der Waals surface area contributed by atoms with Gasteiger partial charge in [-0.05, 0) is 0 Å². The van der Waals surface area contributed by atoms with Crippen molar-refractivity contribution in [1.82, 2.24) is 0 Å². The first kappa shape index (κ1) is 7.85. The summed E-state index contributed by atoms with van der Waals surface area (Å²) in [6.45, 7) is 7.25. The van der Waals surface area contributed by atoms with E-state index >= 15 is 0 Å². The molecule has 0 N–H and O–H groups in total. The van der Waals surface area contributed by atoms with Crippen molar-refractivity contribution in [2.24, 2.45) is 0 Å². The van der Waals surface area contributed by atoms with Crippen molar-refractivity contribution in [3.8, 4) is 0 Å². The second-order valence-corrected chi connectivity index (χ2v) is 21.4. The molecule has 0 aliphatic heterocycles. The molecule has 0 bridgehead atoms. The van der Waals surface area contributed by atoms with Gasteiger partial charge in [0, 0.05) is 0 Å². The summed E-state index contributed by atoms with van der Waals surface area (Å²) in [6, 6.07) is 1.49. The van der Waals surface area contributed by atoms with Crippen LogP contribution in [0.25, 0.3) is 0 Å². The summed E-state index contributed by atoms with van der Waals surface area (Å²) < 4.78 is -0.444. The van der Waals surface area contributed by atoms with Gasteiger partial charge in [-0.1, -0.05) is 0 Å². The molecule has 0 saturated heterocycles. The molecule has 0 rings (SSSR count). The molecule has 0 fully saturated rings. The van der Waals surface area contributed by atoms with Crippen molar-refractivity contribution in [1.29, 1.82) is 0 Å². The van der Waals surface area contributed by atoms with Crippen LogP contribution < -0.4 is 0 Å². The quantitative estimate of drug-likeness (QED) is 0.466. The third-order valence-electron chi connectivity index (χ3n) is 1.06. The van der Waals surface area contributed by atoms with Gasteiger partial charge in [0.1, 0.15) is 0 Å². The molecule has 2 heteroatoms. The summed E-state index contributed by atoms with van der Waals surface area (Å²) in [6.07, 6.45) is 0. The Kier molecular flexibility index (Phi) is 3.92. The average molecular weight is 126 g/mol. The van der Waals surface area contributed by atoms with Crippen LogP contribution in [0.3, 0.4) is 0 Å². The molecule has 0 saturated carbocycles. The van der Waals surface area contributed by atoms with E-state index in [4.69, 9.17) is 0 Å². The molecule has 0 aromatic carbocycles. The van der Waals surface area contributed by atoms with Gasteiger partial charge in [0.25, 0.3) is 0 Å².